The van der Waals surface area contributed by atoms with E-state index in [4.69, 9.17) is 10.2 Å². The van der Waals surface area contributed by atoms with Crippen molar-refractivity contribution in [1.82, 2.24) is 4.98 Å². The van der Waals surface area contributed by atoms with Crippen LogP contribution in [0.25, 0.3) is 0 Å². The van der Waals surface area contributed by atoms with E-state index in [0.29, 0.717) is 13.0 Å². The van der Waals surface area contributed by atoms with Crippen molar-refractivity contribution in [2.45, 2.75) is 19.8 Å². The van der Waals surface area contributed by atoms with Crippen LogP contribution in [-0.2, 0) is 11.2 Å². The van der Waals surface area contributed by atoms with Gasteiger partial charge < -0.3 is 15.5 Å². The van der Waals surface area contributed by atoms with E-state index < -0.39 is 5.97 Å². The van der Waals surface area contributed by atoms with E-state index in [1.54, 1.807) is 6.92 Å². The van der Waals surface area contributed by atoms with Crippen LogP contribution in [0.2, 0.25) is 0 Å². The predicted octanol–water partition coefficient (Wildman–Crippen LogP) is 0.873. The smallest absolute Gasteiger partial charge is 0.308 e. The van der Waals surface area contributed by atoms with Crippen LogP contribution >= 0.6 is 11.3 Å². The number of carboxylic acids is 1. The topological polar surface area (TPSA) is 82.5 Å². The van der Waals surface area contributed by atoms with E-state index in [1.165, 1.54) is 11.3 Å². The molecule has 0 bridgehead atoms. The lowest BCUT2D eigenvalue weighted by atomic mass is 10.3. The highest BCUT2D eigenvalue weighted by atomic mass is 32.1. The number of aliphatic carboxylic acids is 1. The van der Waals surface area contributed by atoms with Crippen molar-refractivity contribution in [2.24, 2.45) is 0 Å². The Hall–Kier alpha value is -1.14. The predicted molar refractivity (Wildman–Crippen MR) is 58.4 cm³/mol. The van der Waals surface area contributed by atoms with Crippen LogP contribution in [0.1, 0.15) is 17.0 Å². The maximum absolute atomic E-state index is 10.5. The number of aliphatic hydroxyl groups is 1. The molecular formula is C9H14N2O3S. The van der Waals surface area contributed by atoms with Gasteiger partial charge in [-0.25, -0.2) is 4.98 Å². The zero-order valence-corrected chi connectivity index (χ0v) is 9.30. The average molecular weight is 230 g/mol. The first-order valence-electron chi connectivity index (χ1n) is 4.66. The summed E-state index contributed by atoms with van der Waals surface area (Å²) >= 11 is 1.35. The lowest BCUT2D eigenvalue weighted by Crippen LogP contribution is -2.02. The van der Waals surface area contributed by atoms with E-state index in [-0.39, 0.29) is 13.0 Å². The van der Waals surface area contributed by atoms with Crippen molar-refractivity contribution >= 4 is 22.4 Å². The minimum atomic E-state index is -0.844. The van der Waals surface area contributed by atoms with Gasteiger partial charge in [0.05, 0.1) is 12.1 Å². The highest BCUT2D eigenvalue weighted by Crippen LogP contribution is 2.22. The Morgan fingerprint density at radius 3 is 2.93 bits per heavy atom. The molecule has 0 spiro atoms. The van der Waals surface area contributed by atoms with Crippen molar-refractivity contribution in [3.8, 4) is 0 Å². The highest BCUT2D eigenvalue weighted by Gasteiger charge is 2.10. The third kappa shape index (κ3) is 3.85. The second-order valence-corrected chi connectivity index (χ2v) is 4.19. The van der Waals surface area contributed by atoms with Gasteiger partial charge in [-0.15, -0.1) is 11.3 Å². The fraction of sp³-hybridized carbons (Fsp3) is 0.556. The van der Waals surface area contributed by atoms with Gasteiger partial charge in [-0.1, -0.05) is 0 Å². The lowest BCUT2D eigenvalue weighted by Gasteiger charge is -1.98. The second-order valence-electron chi connectivity index (χ2n) is 3.10. The van der Waals surface area contributed by atoms with Crippen LogP contribution in [0.3, 0.4) is 0 Å². The summed E-state index contributed by atoms with van der Waals surface area (Å²) in [7, 11) is 0. The standard InChI is InChI=1S/C9H14N2O3S/c1-6-7(5-8(13)14)15-9(11-6)10-3-2-4-12/h12H,2-5H2,1H3,(H,10,11)(H,13,14). The number of hydrogen-bond acceptors (Lipinski definition) is 5. The van der Waals surface area contributed by atoms with Crippen molar-refractivity contribution in [3.05, 3.63) is 10.6 Å². The molecule has 0 aliphatic heterocycles. The number of nitrogens with zero attached hydrogens (tertiary/aromatic N) is 1. The first-order valence-corrected chi connectivity index (χ1v) is 5.48. The normalized spacial score (nSPS) is 10.3. The zero-order chi connectivity index (χ0) is 11.3. The van der Waals surface area contributed by atoms with Gasteiger partial charge in [0.25, 0.3) is 0 Å². The van der Waals surface area contributed by atoms with E-state index in [2.05, 4.69) is 10.3 Å². The maximum Gasteiger partial charge on any atom is 0.308 e. The summed E-state index contributed by atoms with van der Waals surface area (Å²) in [4.78, 5) is 15.5. The van der Waals surface area contributed by atoms with Crippen molar-refractivity contribution in [1.29, 1.82) is 0 Å². The van der Waals surface area contributed by atoms with Crippen LogP contribution in [-0.4, -0.2) is 34.3 Å². The van der Waals surface area contributed by atoms with Crippen molar-refractivity contribution in [2.75, 3.05) is 18.5 Å². The van der Waals surface area contributed by atoms with Crippen LogP contribution in [0.5, 0.6) is 0 Å². The van der Waals surface area contributed by atoms with E-state index >= 15 is 0 Å². The molecule has 0 aliphatic carbocycles. The monoisotopic (exact) mass is 230 g/mol. The Bertz CT molecular complexity index is 338. The SMILES string of the molecule is Cc1nc(NCCCO)sc1CC(=O)O. The largest absolute Gasteiger partial charge is 0.481 e. The number of thiazole rings is 1. The van der Waals surface area contributed by atoms with E-state index in [9.17, 15) is 4.79 Å². The summed E-state index contributed by atoms with van der Waals surface area (Å²) in [5.74, 6) is -0.844. The van der Waals surface area contributed by atoms with Crippen LogP contribution in [0.4, 0.5) is 5.13 Å². The van der Waals surface area contributed by atoms with Gasteiger partial charge in [-0.2, -0.15) is 0 Å². The van der Waals surface area contributed by atoms with Crippen molar-refractivity contribution < 1.29 is 15.0 Å². The molecule has 0 radical (unpaired) electrons. The summed E-state index contributed by atoms with van der Waals surface area (Å²) in [5.41, 5.74) is 0.758. The molecule has 3 N–H and O–H groups in total. The minimum Gasteiger partial charge on any atom is -0.481 e. The summed E-state index contributed by atoms with van der Waals surface area (Å²) in [5, 5.41) is 21.0. The summed E-state index contributed by atoms with van der Waals surface area (Å²) in [6, 6.07) is 0. The van der Waals surface area contributed by atoms with Crippen molar-refractivity contribution in [3.63, 3.8) is 0 Å². The number of aryl methyl sites for hydroxylation is 1. The Kier molecular flexibility index (Phi) is 4.51. The number of aliphatic hydroxyl groups excluding tert-OH is 1. The number of anilines is 1. The molecule has 0 aromatic carbocycles. The summed E-state index contributed by atoms with van der Waals surface area (Å²) in [6.07, 6.45) is 0.679. The first-order chi connectivity index (χ1) is 7.13. The molecule has 84 valence electrons. The lowest BCUT2D eigenvalue weighted by molar-refractivity contribution is -0.136. The maximum atomic E-state index is 10.5. The zero-order valence-electron chi connectivity index (χ0n) is 8.49. The molecule has 0 unspecified atom stereocenters. The quantitative estimate of drug-likeness (QED) is 0.632. The molecule has 0 saturated heterocycles. The van der Waals surface area contributed by atoms with Crippen LogP contribution in [0.15, 0.2) is 0 Å². The fourth-order valence-electron chi connectivity index (χ4n) is 1.08. The molecule has 15 heavy (non-hydrogen) atoms. The van der Waals surface area contributed by atoms with E-state index in [0.717, 1.165) is 15.7 Å². The van der Waals surface area contributed by atoms with Crippen LogP contribution in [0, 0.1) is 6.92 Å². The number of carbonyl (C=O) groups is 1. The second kappa shape index (κ2) is 5.67. The molecule has 0 atom stereocenters. The number of rotatable bonds is 6. The Balaban J connectivity index is 2.56. The molecule has 6 heteroatoms. The molecule has 1 aromatic rings. The number of nitrogens with one attached hydrogen (secondary N) is 1. The van der Waals surface area contributed by atoms with Gasteiger partial charge in [0.1, 0.15) is 0 Å². The van der Waals surface area contributed by atoms with Gasteiger partial charge >= 0.3 is 5.97 Å². The fourth-order valence-corrected chi connectivity index (χ4v) is 2.06. The molecule has 0 saturated carbocycles. The highest BCUT2D eigenvalue weighted by molar-refractivity contribution is 7.15. The average Bonchev–Trinajstić information content (AvgIpc) is 2.47. The summed E-state index contributed by atoms with van der Waals surface area (Å²) < 4.78 is 0. The Morgan fingerprint density at radius 1 is 1.60 bits per heavy atom. The number of carboxylic acid groups (broad SMARTS) is 1. The van der Waals surface area contributed by atoms with Gasteiger partial charge in [-0.3, -0.25) is 4.79 Å². The molecule has 1 aromatic heterocycles. The van der Waals surface area contributed by atoms with Crippen LogP contribution < -0.4 is 5.32 Å². The minimum absolute atomic E-state index is 0.0190. The summed E-state index contributed by atoms with van der Waals surface area (Å²) in [6.45, 7) is 2.58. The van der Waals surface area contributed by atoms with E-state index in [1.807, 2.05) is 0 Å². The molecule has 0 fully saturated rings. The molecule has 0 amide bonds. The molecular weight excluding hydrogens is 216 g/mol. The number of aromatic nitrogens is 1. The van der Waals surface area contributed by atoms with Gasteiger partial charge in [-0.05, 0) is 13.3 Å². The molecule has 1 rings (SSSR count). The third-order valence-corrected chi connectivity index (χ3v) is 2.93. The number of hydrogen-bond donors (Lipinski definition) is 3. The molecule has 5 nitrogen and oxygen atoms in total. The third-order valence-electron chi connectivity index (χ3n) is 1.82. The Labute approximate surface area is 91.8 Å². The first kappa shape index (κ1) is 11.9. The molecule has 1 heterocycles. The van der Waals surface area contributed by atoms with Gasteiger partial charge in [0, 0.05) is 18.0 Å². The van der Waals surface area contributed by atoms with Gasteiger partial charge in [0.15, 0.2) is 5.13 Å². The Morgan fingerprint density at radius 2 is 2.33 bits per heavy atom. The molecule has 0 aliphatic rings. The van der Waals surface area contributed by atoms with Gasteiger partial charge in [0.2, 0.25) is 0 Å².